The Labute approximate surface area is 167 Å². The van der Waals surface area contributed by atoms with Gasteiger partial charge in [0.1, 0.15) is 5.75 Å². The van der Waals surface area contributed by atoms with Crippen LogP contribution in [0.1, 0.15) is 37.3 Å². The number of piperidine rings is 2. The second-order valence-electron chi connectivity index (χ2n) is 7.33. The number of hydrogen-bond acceptors (Lipinski definition) is 4. The highest BCUT2D eigenvalue weighted by molar-refractivity contribution is 5.85. The third-order valence-corrected chi connectivity index (χ3v) is 5.62. The second kappa shape index (κ2) is 9.95. The summed E-state index contributed by atoms with van der Waals surface area (Å²) >= 11 is 0. The van der Waals surface area contributed by atoms with E-state index in [0.717, 1.165) is 37.2 Å². The van der Waals surface area contributed by atoms with Gasteiger partial charge in [0.25, 0.3) is 0 Å². The Hall–Kier alpha value is -1.79. The summed E-state index contributed by atoms with van der Waals surface area (Å²) in [5.41, 5.74) is 0.973. The molecule has 2 N–H and O–H groups in total. The Balaban J connectivity index is 0.00000261. The maximum atomic E-state index is 12.9. The summed E-state index contributed by atoms with van der Waals surface area (Å²) < 4.78 is 5.22. The van der Waals surface area contributed by atoms with Crippen LogP contribution in [0.25, 0.3) is 0 Å². The van der Waals surface area contributed by atoms with Gasteiger partial charge in [-0.05, 0) is 56.0 Å². The van der Waals surface area contributed by atoms with E-state index in [4.69, 9.17) is 4.74 Å². The van der Waals surface area contributed by atoms with Crippen LogP contribution in [0.3, 0.4) is 0 Å². The highest BCUT2D eigenvalue weighted by Gasteiger charge is 2.38. The number of nitrogens with one attached hydrogen (secondary N) is 2. The molecule has 2 heterocycles. The molecule has 2 aliphatic rings. The SMILES string of the molecule is COc1ccc(C2C(C(=O)NCC3CCCNC3)CCC(=O)N2C)cc1.Cl. The van der Waals surface area contributed by atoms with Crippen LogP contribution in [-0.2, 0) is 9.59 Å². The average molecular weight is 396 g/mol. The monoisotopic (exact) mass is 395 g/mol. The van der Waals surface area contributed by atoms with Gasteiger partial charge in [-0.15, -0.1) is 12.4 Å². The fourth-order valence-corrected chi connectivity index (χ4v) is 4.04. The molecule has 3 unspecified atom stereocenters. The summed E-state index contributed by atoms with van der Waals surface area (Å²) in [6.07, 6.45) is 3.33. The minimum Gasteiger partial charge on any atom is -0.497 e. The van der Waals surface area contributed by atoms with Crippen LogP contribution in [0.15, 0.2) is 24.3 Å². The summed E-state index contributed by atoms with van der Waals surface area (Å²) in [6, 6.07) is 7.43. The number of hydrogen-bond donors (Lipinski definition) is 2. The van der Waals surface area contributed by atoms with Gasteiger partial charge in [-0.25, -0.2) is 0 Å². The number of amides is 2. The molecule has 7 heteroatoms. The van der Waals surface area contributed by atoms with Gasteiger partial charge in [0.15, 0.2) is 0 Å². The molecule has 3 rings (SSSR count). The van der Waals surface area contributed by atoms with Crippen LogP contribution < -0.4 is 15.4 Å². The molecule has 150 valence electrons. The van der Waals surface area contributed by atoms with Crippen molar-refractivity contribution >= 4 is 24.2 Å². The minimum absolute atomic E-state index is 0. The topological polar surface area (TPSA) is 70.7 Å². The first-order chi connectivity index (χ1) is 12.6. The zero-order valence-corrected chi connectivity index (χ0v) is 16.9. The first-order valence-electron chi connectivity index (χ1n) is 9.48. The predicted molar refractivity (Wildman–Crippen MR) is 107 cm³/mol. The third kappa shape index (κ3) is 5.14. The number of carbonyl (C=O) groups excluding carboxylic acids is 2. The van der Waals surface area contributed by atoms with Crippen molar-refractivity contribution in [3.8, 4) is 5.75 Å². The van der Waals surface area contributed by atoms with Crippen molar-refractivity contribution < 1.29 is 14.3 Å². The van der Waals surface area contributed by atoms with Gasteiger partial charge in [0.05, 0.1) is 19.1 Å². The molecule has 2 aliphatic heterocycles. The van der Waals surface area contributed by atoms with Crippen LogP contribution in [-0.4, -0.2) is 50.5 Å². The predicted octanol–water partition coefficient (Wildman–Crippen LogP) is 2.14. The lowest BCUT2D eigenvalue weighted by Gasteiger charge is -2.38. The quantitative estimate of drug-likeness (QED) is 0.801. The van der Waals surface area contributed by atoms with Crippen LogP contribution in [0, 0.1) is 11.8 Å². The van der Waals surface area contributed by atoms with Gasteiger partial charge in [-0.2, -0.15) is 0 Å². The van der Waals surface area contributed by atoms with Crippen LogP contribution >= 0.6 is 12.4 Å². The van der Waals surface area contributed by atoms with E-state index < -0.39 is 0 Å². The first-order valence-corrected chi connectivity index (χ1v) is 9.48. The molecule has 1 aromatic carbocycles. The Kier molecular flexibility index (Phi) is 7.92. The Morgan fingerprint density at radius 2 is 2.04 bits per heavy atom. The number of benzene rings is 1. The molecule has 27 heavy (non-hydrogen) atoms. The number of ether oxygens (including phenoxy) is 1. The molecular formula is C20H30ClN3O3. The van der Waals surface area contributed by atoms with E-state index in [1.807, 2.05) is 24.3 Å². The van der Waals surface area contributed by atoms with Crippen LogP contribution in [0.2, 0.25) is 0 Å². The second-order valence-corrected chi connectivity index (χ2v) is 7.33. The van der Waals surface area contributed by atoms with Gasteiger partial charge in [-0.3, -0.25) is 9.59 Å². The highest BCUT2D eigenvalue weighted by Crippen LogP contribution is 2.36. The zero-order chi connectivity index (χ0) is 18.5. The third-order valence-electron chi connectivity index (χ3n) is 5.62. The highest BCUT2D eigenvalue weighted by atomic mass is 35.5. The zero-order valence-electron chi connectivity index (χ0n) is 16.1. The van der Waals surface area contributed by atoms with E-state index in [1.165, 1.54) is 0 Å². The Morgan fingerprint density at radius 3 is 2.67 bits per heavy atom. The van der Waals surface area contributed by atoms with Crippen LogP contribution in [0.5, 0.6) is 5.75 Å². The van der Waals surface area contributed by atoms with Crippen molar-refractivity contribution in [1.82, 2.24) is 15.5 Å². The first kappa shape index (κ1) is 21.5. The Bertz CT molecular complexity index is 632. The summed E-state index contributed by atoms with van der Waals surface area (Å²) in [5, 5.41) is 6.52. The molecule has 0 radical (unpaired) electrons. The summed E-state index contributed by atoms with van der Waals surface area (Å²) in [5.74, 6) is 1.18. The number of halogens is 1. The van der Waals surface area contributed by atoms with E-state index in [0.29, 0.717) is 25.3 Å². The molecule has 2 saturated heterocycles. The van der Waals surface area contributed by atoms with Crippen molar-refractivity contribution in [3.05, 3.63) is 29.8 Å². The summed E-state index contributed by atoms with van der Waals surface area (Å²) in [4.78, 5) is 26.9. The molecule has 2 amide bonds. The van der Waals surface area contributed by atoms with Crippen molar-refractivity contribution in [2.45, 2.75) is 31.7 Å². The van der Waals surface area contributed by atoms with E-state index in [2.05, 4.69) is 10.6 Å². The maximum absolute atomic E-state index is 12.9. The molecule has 2 fully saturated rings. The van der Waals surface area contributed by atoms with Gasteiger partial charge in [-0.1, -0.05) is 12.1 Å². The van der Waals surface area contributed by atoms with Gasteiger partial charge < -0.3 is 20.3 Å². The lowest BCUT2D eigenvalue weighted by atomic mass is 9.83. The van der Waals surface area contributed by atoms with E-state index >= 15 is 0 Å². The molecule has 3 atom stereocenters. The fraction of sp³-hybridized carbons (Fsp3) is 0.600. The van der Waals surface area contributed by atoms with Gasteiger partial charge in [0.2, 0.25) is 11.8 Å². The number of likely N-dealkylation sites (tertiary alicyclic amines) is 1. The lowest BCUT2D eigenvalue weighted by Crippen LogP contribution is -2.47. The number of methoxy groups -OCH3 is 1. The molecule has 0 spiro atoms. The molecule has 1 aromatic rings. The van der Waals surface area contributed by atoms with E-state index in [1.54, 1.807) is 19.1 Å². The van der Waals surface area contributed by atoms with Gasteiger partial charge in [0, 0.05) is 20.0 Å². The molecule has 0 saturated carbocycles. The molecule has 0 bridgehead atoms. The normalized spacial score (nSPS) is 25.5. The summed E-state index contributed by atoms with van der Waals surface area (Å²) in [7, 11) is 3.42. The average Bonchev–Trinajstić information content (AvgIpc) is 2.69. The number of rotatable bonds is 5. The van der Waals surface area contributed by atoms with Crippen molar-refractivity contribution in [2.75, 3.05) is 33.8 Å². The van der Waals surface area contributed by atoms with Crippen molar-refractivity contribution in [3.63, 3.8) is 0 Å². The van der Waals surface area contributed by atoms with Gasteiger partial charge >= 0.3 is 0 Å². The van der Waals surface area contributed by atoms with Crippen molar-refractivity contribution in [2.24, 2.45) is 11.8 Å². The number of nitrogens with zero attached hydrogens (tertiary/aromatic N) is 1. The molecule has 0 aromatic heterocycles. The molecule has 6 nitrogen and oxygen atoms in total. The Morgan fingerprint density at radius 1 is 1.30 bits per heavy atom. The minimum atomic E-state index is -0.230. The van der Waals surface area contributed by atoms with Crippen LogP contribution in [0.4, 0.5) is 0 Å². The maximum Gasteiger partial charge on any atom is 0.225 e. The molecule has 0 aliphatic carbocycles. The van der Waals surface area contributed by atoms with E-state index in [-0.39, 0.29) is 36.2 Å². The lowest BCUT2D eigenvalue weighted by molar-refractivity contribution is -0.141. The fourth-order valence-electron chi connectivity index (χ4n) is 4.04. The largest absolute Gasteiger partial charge is 0.497 e. The standard InChI is InChI=1S/C20H29N3O3.ClH/c1-23-18(24)10-9-17(19(23)15-5-7-16(26-2)8-6-15)20(25)22-13-14-4-3-11-21-12-14;/h5-8,14,17,19,21H,3-4,9-13H2,1-2H3,(H,22,25);1H. The van der Waals surface area contributed by atoms with Crippen molar-refractivity contribution in [1.29, 1.82) is 0 Å². The summed E-state index contributed by atoms with van der Waals surface area (Å²) in [6.45, 7) is 2.74. The number of carbonyl (C=O) groups is 2. The smallest absolute Gasteiger partial charge is 0.225 e. The van der Waals surface area contributed by atoms with E-state index in [9.17, 15) is 9.59 Å². The molecular weight excluding hydrogens is 366 g/mol.